The lowest BCUT2D eigenvalue weighted by atomic mass is 10.1. The topological polar surface area (TPSA) is 15.7 Å². The molecule has 3 atom stereocenters. The van der Waals surface area contributed by atoms with E-state index in [-0.39, 0.29) is 0 Å². The highest BCUT2D eigenvalue weighted by molar-refractivity contribution is 5.34. The summed E-state index contributed by atoms with van der Waals surface area (Å²) in [6.45, 7) is 3.27. The molecule has 0 radical (unpaired) electrons. The third kappa shape index (κ3) is 2.47. The minimum absolute atomic E-state index is 0.550. The van der Waals surface area contributed by atoms with Gasteiger partial charge in [0.1, 0.15) is 5.75 Å². The van der Waals surface area contributed by atoms with E-state index in [1.165, 1.54) is 12.0 Å². The number of nitrogens with zero attached hydrogens (tertiary/aromatic N) is 2. The Balaban J connectivity index is 1.66. The summed E-state index contributed by atoms with van der Waals surface area (Å²) in [5, 5.41) is 0. The van der Waals surface area contributed by atoms with E-state index in [0.29, 0.717) is 18.0 Å². The lowest BCUT2D eigenvalue weighted by Gasteiger charge is -2.34. The van der Waals surface area contributed by atoms with Crippen LogP contribution in [0, 0.1) is 0 Å². The van der Waals surface area contributed by atoms with Crippen LogP contribution >= 0.6 is 0 Å². The lowest BCUT2D eigenvalue weighted by Crippen LogP contribution is -2.42. The summed E-state index contributed by atoms with van der Waals surface area (Å²) in [6.07, 6.45) is 5.82. The predicted molar refractivity (Wildman–Crippen MR) is 77.2 cm³/mol. The molecule has 3 rings (SSSR count). The second-order valence-corrected chi connectivity index (χ2v) is 5.68. The van der Waals surface area contributed by atoms with Gasteiger partial charge in [-0.05, 0) is 44.3 Å². The van der Waals surface area contributed by atoms with Crippen molar-refractivity contribution in [2.75, 3.05) is 20.8 Å². The van der Waals surface area contributed by atoms with E-state index in [0.717, 1.165) is 12.4 Å². The zero-order chi connectivity index (χ0) is 13.4. The molecule has 1 aliphatic carbocycles. The van der Waals surface area contributed by atoms with Gasteiger partial charge in [0, 0.05) is 18.0 Å². The van der Waals surface area contributed by atoms with E-state index in [1.54, 1.807) is 7.11 Å². The van der Waals surface area contributed by atoms with Crippen molar-refractivity contribution in [3.63, 3.8) is 0 Å². The van der Waals surface area contributed by atoms with Crippen LogP contribution in [-0.4, -0.2) is 42.7 Å². The van der Waals surface area contributed by atoms with Crippen molar-refractivity contribution in [3.05, 3.63) is 42.1 Å². The van der Waals surface area contributed by atoms with Gasteiger partial charge in [-0.25, -0.2) is 0 Å². The first-order chi connectivity index (χ1) is 9.19. The second kappa shape index (κ2) is 4.89. The van der Waals surface area contributed by atoms with Gasteiger partial charge in [-0.2, -0.15) is 0 Å². The highest BCUT2D eigenvalue weighted by Gasteiger charge is 2.42. The van der Waals surface area contributed by atoms with Gasteiger partial charge in [-0.15, -0.1) is 0 Å². The molecule has 2 aliphatic rings. The Morgan fingerprint density at radius 2 is 1.95 bits per heavy atom. The molecular formula is C16H22N2O. The molecule has 0 bridgehead atoms. The molecule has 0 N–H and O–H groups in total. The summed E-state index contributed by atoms with van der Waals surface area (Å²) < 4.78 is 5.21. The molecule has 3 unspecified atom stereocenters. The number of benzene rings is 1. The van der Waals surface area contributed by atoms with Crippen molar-refractivity contribution in [1.29, 1.82) is 0 Å². The van der Waals surface area contributed by atoms with Crippen LogP contribution in [0.25, 0.3) is 0 Å². The fraction of sp³-hybridized carbons (Fsp3) is 0.500. The first-order valence-electron chi connectivity index (χ1n) is 6.97. The van der Waals surface area contributed by atoms with Crippen LogP contribution in [0.5, 0.6) is 5.75 Å². The molecule has 1 heterocycles. The van der Waals surface area contributed by atoms with Crippen molar-refractivity contribution in [2.24, 2.45) is 0 Å². The van der Waals surface area contributed by atoms with Crippen LogP contribution in [0.3, 0.4) is 0 Å². The molecule has 3 heteroatoms. The molecule has 0 spiro atoms. The fourth-order valence-corrected chi connectivity index (χ4v) is 2.79. The third-order valence-electron chi connectivity index (χ3n) is 4.36. The Morgan fingerprint density at radius 3 is 2.58 bits per heavy atom. The fourth-order valence-electron chi connectivity index (χ4n) is 2.79. The Kier molecular flexibility index (Phi) is 3.23. The zero-order valence-electron chi connectivity index (χ0n) is 11.9. The zero-order valence-corrected chi connectivity index (χ0v) is 11.9. The number of hydrogen-bond donors (Lipinski definition) is 0. The number of ether oxygens (including phenoxy) is 1. The average molecular weight is 258 g/mol. The minimum Gasteiger partial charge on any atom is -0.497 e. The van der Waals surface area contributed by atoms with Gasteiger partial charge in [0.2, 0.25) is 0 Å². The quantitative estimate of drug-likeness (QED) is 0.829. The Labute approximate surface area is 115 Å². The van der Waals surface area contributed by atoms with Crippen molar-refractivity contribution < 1.29 is 4.74 Å². The molecule has 3 nitrogen and oxygen atoms in total. The van der Waals surface area contributed by atoms with Crippen LogP contribution < -0.4 is 4.74 Å². The predicted octanol–water partition coefficient (Wildman–Crippen LogP) is 2.66. The van der Waals surface area contributed by atoms with Gasteiger partial charge < -0.3 is 9.64 Å². The summed E-state index contributed by atoms with van der Waals surface area (Å²) in [6, 6.07) is 9.73. The van der Waals surface area contributed by atoms with Crippen LogP contribution in [0.15, 0.2) is 36.5 Å². The number of hydrogen-bond acceptors (Lipinski definition) is 3. The molecule has 19 heavy (non-hydrogen) atoms. The third-order valence-corrected chi connectivity index (χ3v) is 4.36. The SMILES string of the molecule is COc1ccc(C2CC2N2C=CC(C)N(C)C2)cc1. The van der Waals surface area contributed by atoms with Gasteiger partial charge in [-0.1, -0.05) is 18.2 Å². The van der Waals surface area contributed by atoms with Gasteiger partial charge in [0.25, 0.3) is 0 Å². The standard InChI is InChI=1S/C16H22N2O/c1-12-8-9-18(11-17(12)2)16-10-15(16)13-4-6-14(19-3)7-5-13/h4-9,12,15-16H,10-11H2,1-3H3. The molecule has 102 valence electrons. The molecule has 1 fully saturated rings. The van der Waals surface area contributed by atoms with E-state index >= 15 is 0 Å². The van der Waals surface area contributed by atoms with E-state index in [2.05, 4.69) is 60.3 Å². The van der Waals surface area contributed by atoms with Gasteiger partial charge in [0.15, 0.2) is 0 Å². The number of rotatable bonds is 3. The van der Waals surface area contributed by atoms with E-state index < -0.39 is 0 Å². The molecular weight excluding hydrogens is 236 g/mol. The minimum atomic E-state index is 0.550. The summed E-state index contributed by atoms with van der Waals surface area (Å²) >= 11 is 0. The highest BCUT2D eigenvalue weighted by atomic mass is 16.5. The molecule has 0 aromatic heterocycles. The number of methoxy groups -OCH3 is 1. The summed E-state index contributed by atoms with van der Waals surface area (Å²) in [5.74, 6) is 1.62. The van der Waals surface area contributed by atoms with Crippen molar-refractivity contribution in [2.45, 2.75) is 31.3 Å². The highest BCUT2D eigenvalue weighted by Crippen LogP contribution is 2.45. The first-order valence-corrected chi connectivity index (χ1v) is 6.97. The Hall–Kier alpha value is -1.48. The van der Waals surface area contributed by atoms with E-state index in [9.17, 15) is 0 Å². The maximum Gasteiger partial charge on any atom is 0.118 e. The molecule has 1 aromatic carbocycles. The first kappa shape index (κ1) is 12.5. The van der Waals surface area contributed by atoms with Crippen molar-refractivity contribution in [1.82, 2.24) is 9.80 Å². The lowest BCUT2D eigenvalue weighted by molar-refractivity contribution is 0.155. The monoisotopic (exact) mass is 258 g/mol. The molecule has 1 aromatic rings. The van der Waals surface area contributed by atoms with Crippen LogP contribution in [-0.2, 0) is 0 Å². The largest absolute Gasteiger partial charge is 0.497 e. The summed E-state index contributed by atoms with van der Waals surface area (Å²) in [7, 11) is 3.90. The molecule has 1 aliphatic heterocycles. The van der Waals surface area contributed by atoms with Gasteiger partial charge in [-0.3, -0.25) is 4.90 Å². The summed E-state index contributed by atoms with van der Waals surface area (Å²) in [4.78, 5) is 4.85. The molecule has 0 saturated heterocycles. The maximum absolute atomic E-state index is 5.21. The Morgan fingerprint density at radius 1 is 1.21 bits per heavy atom. The van der Waals surface area contributed by atoms with Crippen LogP contribution in [0.4, 0.5) is 0 Å². The average Bonchev–Trinajstić information content (AvgIpc) is 3.22. The van der Waals surface area contributed by atoms with Crippen molar-refractivity contribution >= 4 is 0 Å². The van der Waals surface area contributed by atoms with E-state index in [4.69, 9.17) is 4.74 Å². The van der Waals surface area contributed by atoms with Crippen molar-refractivity contribution in [3.8, 4) is 5.75 Å². The van der Waals surface area contributed by atoms with Crippen LogP contribution in [0.1, 0.15) is 24.8 Å². The van der Waals surface area contributed by atoms with Gasteiger partial charge >= 0.3 is 0 Å². The normalized spacial score (nSPS) is 30.5. The van der Waals surface area contributed by atoms with Crippen LogP contribution in [0.2, 0.25) is 0 Å². The molecule has 0 amide bonds. The molecule has 1 saturated carbocycles. The van der Waals surface area contributed by atoms with E-state index in [1.807, 2.05) is 0 Å². The summed E-state index contributed by atoms with van der Waals surface area (Å²) in [5.41, 5.74) is 1.43. The smallest absolute Gasteiger partial charge is 0.118 e. The maximum atomic E-state index is 5.21. The van der Waals surface area contributed by atoms with Gasteiger partial charge in [0.05, 0.1) is 13.8 Å². The Bertz CT molecular complexity index is 468. The number of likely N-dealkylation sites (N-methyl/N-ethyl adjacent to an activating group) is 1. The second-order valence-electron chi connectivity index (χ2n) is 5.68.